The number of hydrogen-bond acceptors (Lipinski definition) is 4. The molecule has 0 saturated carbocycles. The Morgan fingerprint density at radius 3 is 2.48 bits per heavy atom. The van der Waals surface area contributed by atoms with Gasteiger partial charge >= 0.3 is 0 Å². The van der Waals surface area contributed by atoms with Crippen LogP contribution in [0.4, 0.5) is 17.5 Å². The topological polar surface area (TPSA) is 49.8 Å². The molecule has 2 N–H and O–H groups in total. The summed E-state index contributed by atoms with van der Waals surface area (Å²) in [6, 6.07) is 16.9. The molecule has 0 aliphatic rings. The third kappa shape index (κ3) is 4.34. The Balaban J connectivity index is 1.67. The van der Waals surface area contributed by atoms with Crippen LogP contribution in [0.2, 0.25) is 10.0 Å². The minimum absolute atomic E-state index is 0.485. The van der Waals surface area contributed by atoms with Crippen molar-refractivity contribution < 1.29 is 0 Å². The van der Waals surface area contributed by atoms with Gasteiger partial charge in [0.2, 0.25) is 5.95 Å². The SMILES string of the molecule is Clc1ccc(CNc2ccnc(Nc3ccccc3Cl)n2)cc1. The Bertz CT molecular complexity index is 791. The lowest BCUT2D eigenvalue weighted by molar-refractivity contribution is 1.08. The number of hydrogen-bond donors (Lipinski definition) is 2. The first kappa shape index (κ1) is 15.6. The molecule has 1 aromatic heterocycles. The predicted octanol–water partition coefficient (Wildman–Crippen LogP) is 5.14. The van der Waals surface area contributed by atoms with Crippen molar-refractivity contribution in [3.05, 3.63) is 76.4 Å². The summed E-state index contributed by atoms with van der Waals surface area (Å²) in [4.78, 5) is 8.63. The summed E-state index contributed by atoms with van der Waals surface area (Å²) >= 11 is 12.0. The zero-order valence-electron chi connectivity index (χ0n) is 12.1. The lowest BCUT2D eigenvalue weighted by Crippen LogP contribution is -2.04. The molecule has 0 bridgehead atoms. The van der Waals surface area contributed by atoms with Crippen LogP contribution < -0.4 is 10.6 Å². The number of anilines is 3. The molecule has 0 atom stereocenters. The van der Waals surface area contributed by atoms with Crippen LogP contribution in [-0.4, -0.2) is 9.97 Å². The zero-order valence-corrected chi connectivity index (χ0v) is 13.6. The lowest BCUT2D eigenvalue weighted by Gasteiger charge is -2.09. The van der Waals surface area contributed by atoms with Crippen LogP contribution in [0.3, 0.4) is 0 Å². The Hall–Kier alpha value is -2.30. The Morgan fingerprint density at radius 1 is 0.913 bits per heavy atom. The van der Waals surface area contributed by atoms with Crippen molar-refractivity contribution in [2.24, 2.45) is 0 Å². The van der Waals surface area contributed by atoms with E-state index in [-0.39, 0.29) is 0 Å². The molecule has 0 aliphatic carbocycles. The maximum atomic E-state index is 6.12. The van der Waals surface area contributed by atoms with E-state index in [0.717, 1.165) is 22.1 Å². The second-order valence-corrected chi connectivity index (χ2v) is 5.69. The Kier molecular flexibility index (Phi) is 4.95. The molecule has 0 radical (unpaired) electrons. The van der Waals surface area contributed by atoms with Crippen molar-refractivity contribution >= 4 is 40.7 Å². The highest BCUT2D eigenvalue weighted by Crippen LogP contribution is 2.23. The van der Waals surface area contributed by atoms with Crippen LogP contribution in [0, 0.1) is 0 Å². The van der Waals surface area contributed by atoms with Crippen LogP contribution in [0.1, 0.15) is 5.56 Å². The molecular weight excluding hydrogens is 331 g/mol. The van der Waals surface area contributed by atoms with E-state index in [1.165, 1.54) is 0 Å². The van der Waals surface area contributed by atoms with Gasteiger partial charge in [-0.25, -0.2) is 4.98 Å². The van der Waals surface area contributed by atoms with Crippen molar-refractivity contribution in [2.75, 3.05) is 10.6 Å². The summed E-state index contributed by atoms with van der Waals surface area (Å²) in [7, 11) is 0. The minimum Gasteiger partial charge on any atom is -0.366 e. The quantitative estimate of drug-likeness (QED) is 0.672. The zero-order chi connectivity index (χ0) is 16.1. The lowest BCUT2D eigenvalue weighted by atomic mass is 10.2. The first-order chi connectivity index (χ1) is 11.2. The highest BCUT2D eigenvalue weighted by Gasteiger charge is 2.03. The third-order valence-corrected chi connectivity index (χ3v) is 3.74. The number of aromatic nitrogens is 2. The summed E-state index contributed by atoms with van der Waals surface area (Å²) in [5.41, 5.74) is 1.89. The van der Waals surface area contributed by atoms with E-state index in [0.29, 0.717) is 17.5 Å². The predicted molar refractivity (Wildman–Crippen MR) is 95.5 cm³/mol. The van der Waals surface area contributed by atoms with Crippen molar-refractivity contribution in [1.82, 2.24) is 9.97 Å². The largest absolute Gasteiger partial charge is 0.366 e. The fraction of sp³-hybridized carbons (Fsp3) is 0.0588. The molecule has 2 aromatic carbocycles. The van der Waals surface area contributed by atoms with E-state index in [9.17, 15) is 0 Å². The first-order valence-corrected chi connectivity index (χ1v) is 7.79. The van der Waals surface area contributed by atoms with Gasteiger partial charge in [0.25, 0.3) is 0 Å². The Labute approximate surface area is 144 Å². The molecule has 0 spiro atoms. The standard InChI is InChI=1S/C17H14Cl2N4/c18-13-7-5-12(6-8-13)11-21-16-9-10-20-17(23-16)22-15-4-2-1-3-14(15)19/h1-10H,11H2,(H2,20,21,22,23). The van der Waals surface area contributed by atoms with Gasteiger partial charge < -0.3 is 10.6 Å². The van der Waals surface area contributed by atoms with E-state index >= 15 is 0 Å². The van der Waals surface area contributed by atoms with Crippen LogP contribution in [-0.2, 0) is 6.54 Å². The monoisotopic (exact) mass is 344 g/mol. The van der Waals surface area contributed by atoms with Crippen molar-refractivity contribution in [1.29, 1.82) is 0 Å². The molecule has 1 heterocycles. The summed E-state index contributed by atoms with van der Waals surface area (Å²) in [6.07, 6.45) is 1.69. The molecule has 0 aliphatic heterocycles. The van der Waals surface area contributed by atoms with Crippen molar-refractivity contribution in [3.63, 3.8) is 0 Å². The maximum absolute atomic E-state index is 6.12. The van der Waals surface area contributed by atoms with Gasteiger partial charge in [-0.15, -0.1) is 0 Å². The highest BCUT2D eigenvalue weighted by atomic mass is 35.5. The molecule has 116 valence electrons. The average Bonchev–Trinajstić information content (AvgIpc) is 2.57. The van der Waals surface area contributed by atoms with Gasteiger partial charge in [0, 0.05) is 17.8 Å². The van der Waals surface area contributed by atoms with Gasteiger partial charge in [0.15, 0.2) is 0 Å². The van der Waals surface area contributed by atoms with Gasteiger partial charge in [-0.05, 0) is 35.9 Å². The number of nitrogens with zero attached hydrogens (tertiary/aromatic N) is 2. The summed E-state index contributed by atoms with van der Waals surface area (Å²) < 4.78 is 0. The normalized spacial score (nSPS) is 10.3. The van der Waals surface area contributed by atoms with E-state index in [4.69, 9.17) is 23.2 Å². The fourth-order valence-electron chi connectivity index (χ4n) is 2.00. The van der Waals surface area contributed by atoms with E-state index < -0.39 is 0 Å². The van der Waals surface area contributed by atoms with Crippen molar-refractivity contribution in [2.45, 2.75) is 6.54 Å². The number of para-hydroxylation sites is 1. The van der Waals surface area contributed by atoms with Gasteiger partial charge in [0.05, 0.1) is 10.7 Å². The molecule has 3 rings (SSSR count). The smallest absolute Gasteiger partial charge is 0.229 e. The summed E-state index contributed by atoms with van der Waals surface area (Å²) in [6.45, 7) is 0.652. The molecule has 0 fully saturated rings. The van der Waals surface area contributed by atoms with Gasteiger partial charge in [-0.1, -0.05) is 47.5 Å². The first-order valence-electron chi connectivity index (χ1n) is 7.03. The van der Waals surface area contributed by atoms with Crippen molar-refractivity contribution in [3.8, 4) is 0 Å². The molecule has 3 aromatic rings. The molecule has 0 saturated heterocycles. The van der Waals surface area contributed by atoms with Gasteiger partial charge in [-0.2, -0.15) is 4.98 Å². The Morgan fingerprint density at radius 2 is 1.70 bits per heavy atom. The van der Waals surface area contributed by atoms with E-state index in [1.54, 1.807) is 6.20 Å². The molecule has 4 nitrogen and oxygen atoms in total. The van der Waals surface area contributed by atoms with Crippen LogP contribution >= 0.6 is 23.2 Å². The average molecular weight is 345 g/mol. The number of halogens is 2. The molecule has 6 heteroatoms. The summed E-state index contributed by atoms with van der Waals surface area (Å²) in [5, 5.41) is 7.71. The molecular formula is C17H14Cl2N4. The van der Waals surface area contributed by atoms with Crippen LogP contribution in [0.25, 0.3) is 0 Å². The number of benzene rings is 2. The van der Waals surface area contributed by atoms with E-state index in [2.05, 4.69) is 20.6 Å². The number of rotatable bonds is 5. The second kappa shape index (κ2) is 7.31. The molecule has 23 heavy (non-hydrogen) atoms. The van der Waals surface area contributed by atoms with Gasteiger partial charge in [0.1, 0.15) is 5.82 Å². The maximum Gasteiger partial charge on any atom is 0.229 e. The molecule has 0 amide bonds. The number of nitrogens with one attached hydrogen (secondary N) is 2. The molecule has 0 unspecified atom stereocenters. The fourth-order valence-corrected chi connectivity index (χ4v) is 2.30. The van der Waals surface area contributed by atoms with Crippen LogP contribution in [0.15, 0.2) is 60.8 Å². The third-order valence-electron chi connectivity index (χ3n) is 3.16. The highest BCUT2D eigenvalue weighted by molar-refractivity contribution is 6.33. The van der Waals surface area contributed by atoms with E-state index in [1.807, 2.05) is 54.6 Å². The minimum atomic E-state index is 0.485. The second-order valence-electron chi connectivity index (χ2n) is 4.85. The van der Waals surface area contributed by atoms with Gasteiger partial charge in [-0.3, -0.25) is 0 Å². The summed E-state index contributed by atoms with van der Waals surface area (Å²) in [5.74, 6) is 1.21. The van der Waals surface area contributed by atoms with Crippen LogP contribution in [0.5, 0.6) is 0 Å².